The summed E-state index contributed by atoms with van der Waals surface area (Å²) in [6, 6.07) is 4.48. The summed E-state index contributed by atoms with van der Waals surface area (Å²) < 4.78 is 24.7. The van der Waals surface area contributed by atoms with E-state index in [1.165, 1.54) is 18.2 Å². The first-order chi connectivity index (χ1) is 8.47. The van der Waals surface area contributed by atoms with Crippen LogP contribution < -0.4 is 0 Å². The minimum Gasteiger partial charge on any atom is -0.332 e. The van der Waals surface area contributed by atoms with Crippen LogP contribution in [0.4, 0.5) is 8.78 Å². The van der Waals surface area contributed by atoms with Crippen molar-refractivity contribution in [2.75, 3.05) is 19.0 Å². The van der Waals surface area contributed by atoms with Crippen molar-refractivity contribution in [3.63, 3.8) is 0 Å². The van der Waals surface area contributed by atoms with E-state index in [4.69, 9.17) is 34.8 Å². The van der Waals surface area contributed by atoms with Gasteiger partial charge in [-0.15, -0.1) is 11.6 Å². The van der Waals surface area contributed by atoms with E-state index in [9.17, 15) is 13.6 Å². The number of rotatable bonds is 5. The maximum Gasteiger partial charge on any atom is 0.255 e. The fourth-order valence-corrected chi connectivity index (χ4v) is 1.97. The molecule has 0 heterocycles. The molecule has 18 heavy (non-hydrogen) atoms. The number of amides is 1. The Balaban J connectivity index is 2.98. The zero-order valence-corrected chi connectivity index (χ0v) is 11.4. The van der Waals surface area contributed by atoms with Crippen molar-refractivity contribution in [2.45, 2.75) is 6.43 Å². The van der Waals surface area contributed by atoms with Crippen LogP contribution >= 0.6 is 34.8 Å². The highest BCUT2D eigenvalue weighted by Gasteiger charge is 2.21. The second-order valence-corrected chi connectivity index (χ2v) is 4.60. The van der Waals surface area contributed by atoms with Crippen LogP contribution in [0.1, 0.15) is 10.4 Å². The molecule has 1 aromatic carbocycles. The molecule has 0 aliphatic rings. The van der Waals surface area contributed by atoms with Gasteiger partial charge in [0.15, 0.2) is 0 Å². The van der Waals surface area contributed by atoms with Crippen LogP contribution in [0.3, 0.4) is 0 Å². The van der Waals surface area contributed by atoms with Gasteiger partial charge in [-0.3, -0.25) is 4.79 Å². The van der Waals surface area contributed by atoms with Crippen molar-refractivity contribution in [3.05, 3.63) is 33.8 Å². The van der Waals surface area contributed by atoms with Gasteiger partial charge in [-0.05, 0) is 12.1 Å². The van der Waals surface area contributed by atoms with E-state index >= 15 is 0 Å². The number of hydrogen-bond acceptors (Lipinski definition) is 1. The molecule has 0 aromatic heterocycles. The quantitative estimate of drug-likeness (QED) is 0.754. The Morgan fingerprint density at radius 2 is 2.00 bits per heavy atom. The standard InChI is InChI=1S/C11H10Cl3F2NO/c12-4-5-17(6-9(15)16)11(18)7-2-1-3-8(13)10(7)14/h1-3,9H,4-6H2. The highest BCUT2D eigenvalue weighted by Crippen LogP contribution is 2.26. The van der Waals surface area contributed by atoms with Crippen LogP contribution in [-0.2, 0) is 0 Å². The van der Waals surface area contributed by atoms with Crippen LogP contribution in [0.2, 0.25) is 10.0 Å². The van der Waals surface area contributed by atoms with Crippen molar-refractivity contribution in [3.8, 4) is 0 Å². The predicted octanol–water partition coefficient (Wildman–Crippen LogP) is 3.94. The predicted molar refractivity (Wildman–Crippen MR) is 69.1 cm³/mol. The molecule has 0 bridgehead atoms. The first kappa shape index (κ1) is 15.5. The lowest BCUT2D eigenvalue weighted by molar-refractivity contribution is 0.0571. The monoisotopic (exact) mass is 315 g/mol. The first-order valence-corrected chi connectivity index (χ1v) is 6.33. The van der Waals surface area contributed by atoms with Crippen molar-refractivity contribution in [1.29, 1.82) is 0 Å². The largest absolute Gasteiger partial charge is 0.332 e. The SMILES string of the molecule is O=C(c1cccc(Cl)c1Cl)N(CCCl)CC(F)F. The fourth-order valence-electron chi connectivity index (χ4n) is 1.38. The van der Waals surface area contributed by atoms with Gasteiger partial charge in [0.2, 0.25) is 0 Å². The summed E-state index contributed by atoms with van der Waals surface area (Å²) >= 11 is 17.1. The average Bonchev–Trinajstić information content (AvgIpc) is 2.31. The van der Waals surface area contributed by atoms with Gasteiger partial charge in [0.1, 0.15) is 0 Å². The lowest BCUT2D eigenvalue weighted by Gasteiger charge is -2.21. The van der Waals surface area contributed by atoms with Gasteiger partial charge in [-0.1, -0.05) is 29.3 Å². The van der Waals surface area contributed by atoms with Crippen LogP contribution in [0, 0.1) is 0 Å². The molecule has 7 heteroatoms. The van der Waals surface area contributed by atoms with Crippen LogP contribution in [0.5, 0.6) is 0 Å². The molecule has 1 rings (SSSR count). The molecule has 0 fully saturated rings. The van der Waals surface area contributed by atoms with Crippen molar-refractivity contribution >= 4 is 40.7 Å². The Bertz CT molecular complexity index is 429. The zero-order valence-electron chi connectivity index (χ0n) is 9.18. The third-order valence-corrected chi connectivity index (χ3v) is 3.17. The highest BCUT2D eigenvalue weighted by molar-refractivity contribution is 6.43. The number of nitrogens with zero attached hydrogens (tertiary/aromatic N) is 1. The summed E-state index contributed by atoms with van der Waals surface area (Å²) in [6.45, 7) is -0.665. The molecule has 0 saturated carbocycles. The minimum atomic E-state index is -2.63. The molecule has 0 N–H and O–H groups in total. The summed E-state index contributed by atoms with van der Waals surface area (Å²) in [7, 11) is 0. The molecule has 2 nitrogen and oxygen atoms in total. The molecular weight excluding hydrogens is 306 g/mol. The molecule has 0 radical (unpaired) electrons. The van der Waals surface area contributed by atoms with Gasteiger partial charge in [0.05, 0.1) is 22.2 Å². The smallest absolute Gasteiger partial charge is 0.255 e. The van der Waals surface area contributed by atoms with Crippen LogP contribution in [-0.4, -0.2) is 36.2 Å². The van der Waals surface area contributed by atoms with Gasteiger partial charge in [-0.2, -0.15) is 0 Å². The molecule has 1 amide bonds. The van der Waals surface area contributed by atoms with Gasteiger partial charge in [0, 0.05) is 12.4 Å². The second kappa shape index (κ2) is 7.12. The molecular formula is C11H10Cl3F2NO. The molecule has 0 spiro atoms. The maximum absolute atomic E-state index is 12.4. The normalized spacial score (nSPS) is 10.8. The molecule has 0 atom stereocenters. The Morgan fingerprint density at radius 3 is 2.56 bits per heavy atom. The summed E-state index contributed by atoms with van der Waals surface area (Å²) in [5.41, 5.74) is 0.0925. The third-order valence-electron chi connectivity index (χ3n) is 2.18. The van der Waals surface area contributed by atoms with E-state index in [1.807, 2.05) is 0 Å². The molecule has 0 unspecified atom stereocenters. The van der Waals surface area contributed by atoms with Crippen LogP contribution in [0.25, 0.3) is 0 Å². The molecule has 0 aliphatic carbocycles. The Hall–Kier alpha value is -0.580. The number of carbonyl (C=O) groups is 1. The van der Waals surface area contributed by atoms with E-state index in [-0.39, 0.29) is 28.0 Å². The number of halogens is 5. The number of alkyl halides is 3. The van der Waals surface area contributed by atoms with Crippen molar-refractivity contribution in [2.24, 2.45) is 0 Å². The molecule has 1 aromatic rings. The van der Waals surface area contributed by atoms with Crippen LogP contribution in [0.15, 0.2) is 18.2 Å². The lowest BCUT2D eigenvalue weighted by Crippen LogP contribution is -2.36. The van der Waals surface area contributed by atoms with E-state index in [0.717, 1.165) is 4.90 Å². The lowest BCUT2D eigenvalue weighted by atomic mass is 10.2. The second-order valence-electron chi connectivity index (χ2n) is 3.43. The van der Waals surface area contributed by atoms with E-state index < -0.39 is 18.9 Å². The number of benzene rings is 1. The number of carbonyl (C=O) groups excluding carboxylic acids is 1. The van der Waals surface area contributed by atoms with E-state index in [1.54, 1.807) is 0 Å². The first-order valence-electron chi connectivity index (χ1n) is 5.04. The van der Waals surface area contributed by atoms with E-state index in [2.05, 4.69) is 0 Å². The molecule has 0 aliphatic heterocycles. The Labute approximate surface area is 118 Å². The average molecular weight is 317 g/mol. The Morgan fingerprint density at radius 1 is 1.33 bits per heavy atom. The topological polar surface area (TPSA) is 20.3 Å². The van der Waals surface area contributed by atoms with Crippen molar-refractivity contribution < 1.29 is 13.6 Å². The molecule has 0 saturated heterocycles. The van der Waals surface area contributed by atoms with Gasteiger partial charge in [0.25, 0.3) is 12.3 Å². The minimum absolute atomic E-state index is 0.0214. The molecule has 100 valence electrons. The third kappa shape index (κ3) is 3.97. The Kier molecular flexibility index (Phi) is 6.12. The highest BCUT2D eigenvalue weighted by atomic mass is 35.5. The maximum atomic E-state index is 12.4. The van der Waals surface area contributed by atoms with Gasteiger partial charge in [-0.25, -0.2) is 8.78 Å². The summed E-state index contributed by atoms with van der Waals surface area (Å²) in [5.74, 6) is -0.542. The van der Waals surface area contributed by atoms with E-state index in [0.29, 0.717) is 0 Å². The fraction of sp³-hybridized carbons (Fsp3) is 0.364. The summed E-state index contributed by atoms with van der Waals surface area (Å²) in [6.07, 6.45) is -2.63. The summed E-state index contributed by atoms with van der Waals surface area (Å²) in [5, 5.41) is 0.253. The zero-order chi connectivity index (χ0) is 13.7. The number of hydrogen-bond donors (Lipinski definition) is 0. The van der Waals surface area contributed by atoms with Gasteiger partial charge < -0.3 is 4.90 Å². The van der Waals surface area contributed by atoms with Gasteiger partial charge >= 0.3 is 0 Å². The summed E-state index contributed by atoms with van der Waals surface area (Å²) in [4.78, 5) is 13.0. The van der Waals surface area contributed by atoms with Crippen molar-refractivity contribution in [1.82, 2.24) is 4.90 Å².